The molecule has 0 aliphatic rings. The van der Waals surface area contributed by atoms with E-state index in [1.165, 1.54) is 11.1 Å². The highest BCUT2D eigenvalue weighted by Gasteiger charge is 2.04. The van der Waals surface area contributed by atoms with Crippen molar-refractivity contribution in [3.05, 3.63) is 29.3 Å². The van der Waals surface area contributed by atoms with Crippen molar-refractivity contribution in [3.8, 4) is 5.75 Å². The van der Waals surface area contributed by atoms with Crippen LogP contribution in [0.15, 0.2) is 18.2 Å². The summed E-state index contributed by atoms with van der Waals surface area (Å²) < 4.78 is 10.8. The van der Waals surface area contributed by atoms with Crippen molar-refractivity contribution >= 4 is 0 Å². The molecule has 0 aromatic heterocycles. The zero-order valence-electron chi connectivity index (χ0n) is 12.0. The predicted molar refractivity (Wildman–Crippen MR) is 74.3 cm³/mol. The van der Waals surface area contributed by atoms with Gasteiger partial charge in [-0.1, -0.05) is 26.0 Å². The molecule has 0 aliphatic carbocycles. The van der Waals surface area contributed by atoms with Gasteiger partial charge in [-0.25, -0.2) is 0 Å². The van der Waals surface area contributed by atoms with Crippen molar-refractivity contribution in [2.24, 2.45) is 0 Å². The lowest BCUT2D eigenvalue weighted by atomic mass is 10.0. The summed E-state index contributed by atoms with van der Waals surface area (Å²) >= 11 is 0. The molecule has 0 amide bonds. The second-order valence-corrected chi connectivity index (χ2v) is 4.89. The molecule has 0 spiro atoms. The highest BCUT2D eigenvalue weighted by Crippen LogP contribution is 2.23. The fraction of sp³-hybridized carbons (Fsp3) is 0.600. The van der Waals surface area contributed by atoms with Crippen LogP contribution in [0.25, 0.3) is 0 Å². The molecule has 0 saturated carbocycles. The van der Waals surface area contributed by atoms with E-state index in [2.05, 4.69) is 44.3 Å². The summed E-state index contributed by atoms with van der Waals surface area (Å²) in [6, 6.07) is 6.48. The lowest BCUT2D eigenvalue weighted by Gasteiger charge is -2.12. The monoisotopic (exact) mass is 252 g/mol. The Bertz CT molecular complexity index is 350. The molecule has 0 radical (unpaired) electrons. The molecule has 102 valence electrons. The van der Waals surface area contributed by atoms with E-state index in [1.807, 2.05) is 0 Å². The largest absolute Gasteiger partial charge is 0.487 e. The van der Waals surface area contributed by atoms with Gasteiger partial charge in [0, 0.05) is 7.11 Å². The number of hydrogen-bond acceptors (Lipinski definition) is 2. The van der Waals surface area contributed by atoms with Gasteiger partial charge in [0.15, 0.2) is 0 Å². The van der Waals surface area contributed by atoms with Crippen molar-refractivity contribution in [1.29, 1.82) is 0 Å². The zero-order valence-corrected chi connectivity index (χ0v) is 12.0. The maximum Gasteiger partial charge on any atom is 0.137 e. The summed E-state index contributed by atoms with van der Waals surface area (Å²) in [4.78, 5) is 0. The van der Waals surface area contributed by atoms with E-state index in [0.29, 0.717) is 5.92 Å². The lowest BCUT2D eigenvalue weighted by molar-refractivity contribution is -0.656. The number of benzene rings is 1. The fourth-order valence-corrected chi connectivity index (χ4v) is 1.73. The molecule has 0 aliphatic heterocycles. The molecule has 1 rings (SSSR count). The van der Waals surface area contributed by atoms with Crippen LogP contribution in [0.4, 0.5) is 0 Å². The Morgan fingerprint density at radius 3 is 2.56 bits per heavy atom. The van der Waals surface area contributed by atoms with Crippen molar-refractivity contribution in [2.75, 3.05) is 33.4 Å². The first-order valence-corrected chi connectivity index (χ1v) is 6.69. The summed E-state index contributed by atoms with van der Waals surface area (Å²) in [7, 11) is 1.73. The van der Waals surface area contributed by atoms with E-state index >= 15 is 0 Å². The van der Waals surface area contributed by atoms with E-state index in [0.717, 1.165) is 32.1 Å². The first-order valence-electron chi connectivity index (χ1n) is 6.69. The van der Waals surface area contributed by atoms with Gasteiger partial charge in [0.25, 0.3) is 0 Å². The van der Waals surface area contributed by atoms with Gasteiger partial charge in [0.1, 0.15) is 18.9 Å². The van der Waals surface area contributed by atoms with Gasteiger partial charge in [-0.05, 0) is 30.0 Å². The van der Waals surface area contributed by atoms with E-state index in [4.69, 9.17) is 9.47 Å². The van der Waals surface area contributed by atoms with Crippen LogP contribution < -0.4 is 10.1 Å². The Kier molecular flexibility index (Phi) is 6.76. The standard InChI is InChI=1S/C15H25NO2/c1-12(2)14-6-5-13(3)15(11-14)18-10-8-16-7-9-17-4/h5-6,11-12,16H,7-10H2,1-4H3/p+1. The second-order valence-electron chi connectivity index (χ2n) is 4.89. The minimum atomic E-state index is 0.543. The van der Waals surface area contributed by atoms with Gasteiger partial charge in [0.2, 0.25) is 0 Å². The number of aryl methyl sites for hydroxylation is 1. The molecule has 3 nitrogen and oxygen atoms in total. The minimum Gasteiger partial charge on any atom is -0.487 e. The van der Waals surface area contributed by atoms with Gasteiger partial charge in [-0.3, -0.25) is 0 Å². The third kappa shape index (κ3) is 5.07. The molecule has 0 atom stereocenters. The summed E-state index contributed by atoms with van der Waals surface area (Å²) in [5.41, 5.74) is 2.54. The van der Waals surface area contributed by atoms with Crippen LogP contribution in [0.3, 0.4) is 0 Å². The van der Waals surface area contributed by atoms with E-state index < -0.39 is 0 Å². The molecule has 0 unspecified atom stereocenters. The molecular formula is C15H26NO2+. The van der Waals surface area contributed by atoms with E-state index in [1.54, 1.807) is 7.11 Å². The number of quaternary nitrogens is 1. The van der Waals surface area contributed by atoms with Crippen LogP contribution in [0.1, 0.15) is 30.9 Å². The average molecular weight is 252 g/mol. The van der Waals surface area contributed by atoms with Crippen molar-refractivity contribution < 1.29 is 14.8 Å². The number of rotatable bonds is 8. The van der Waals surface area contributed by atoms with Crippen molar-refractivity contribution in [1.82, 2.24) is 0 Å². The van der Waals surface area contributed by atoms with Gasteiger partial charge >= 0.3 is 0 Å². The van der Waals surface area contributed by atoms with Crippen LogP contribution >= 0.6 is 0 Å². The molecule has 1 aromatic carbocycles. The summed E-state index contributed by atoms with van der Waals surface area (Å²) in [6.07, 6.45) is 0. The van der Waals surface area contributed by atoms with Gasteiger partial charge in [0.05, 0.1) is 13.2 Å². The molecular weight excluding hydrogens is 226 g/mol. The highest BCUT2D eigenvalue weighted by molar-refractivity contribution is 5.37. The molecule has 0 heterocycles. The second kappa shape index (κ2) is 8.11. The van der Waals surface area contributed by atoms with Crippen LogP contribution in [0.5, 0.6) is 5.75 Å². The Balaban J connectivity index is 2.39. The molecule has 1 aromatic rings. The Hall–Kier alpha value is -1.06. The Morgan fingerprint density at radius 1 is 1.17 bits per heavy atom. The molecule has 3 heteroatoms. The number of hydrogen-bond donors (Lipinski definition) is 1. The quantitative estimate of drug-likeness (QED) is 0.715. The number of methoxy groups -OCH3 is 1. The predicted octanol–water partition coefficient (Wildman–Crippen LogP) is 1.71. The Labute approximate surface area is 110 Å². The zero-order chi connectivity index (χ0) is 13.4. The first-order chi connectivity index (χ1) is 8.65. The summed E-state index contributed by atoms with van der Waals surface area (Å²) in [6.45, 7) is 9.99. The van der Waals surface area contributed by atoms with Gasteiger partial charge in [-0.15, -0.1) is 0 Å². The van der Waals surface area contributed by atoms with E-state index in [-0.39, 0.29) is 0 Å². The van der Waals surface area contributed by atoms with Crippen molar-refractivity contribution in [3.63, 3.8) is 0 Å². The van der Waals surface area contributed by atoms with Crippen LogP contribution in [0.2, 0.25) is 0 Å². The minimum absolute atomic E-state index is 0.543. The highest BCUT2D eigenvalue weighted by atomic mass is 16.5. The summed E-state index contributed by atoms with van der Waals surface area (Å²) in [5.74, 6) is 1.56. The van der Waals surface area contributed by atoms with E-state index in [9.17, 15) is 0 Å². The van der Waals surface area contributed by atoms with Crippen LogP contribution in [0, 0.1) is 6.92 Å². The fourth-order valence-electron chi connectivity index (χ4n) is 1.73. The number of ether oxygens (including phenoxy) is 2. The SMILES string of the molecule is COCC[NH2+]CCOc1cc(C(C)C)ccc1C. The average Bonchev–Trinajstić information content (AvgIpc) is 2.35. The lowest BCUT2D eigenvalue weighted by Crippen LogP contribution is -2.86. The van der Waals surface area contributed by atoms with Gasteiger partial charge in [-0.2, -0.15) is 0 Å². The molecule has 0 bridgehead atoms. The molecule has 0 fully saturated rings. The third-order valence-electron chi connectivity index (χ3n) is 2.98. The van der Waals surface area contributed by atoms with Crippen LogP contribution in [-0.4, -0.2) is 33.4 Å². The van der Waals surface area contributed by atoms with Gasteiger partial charge < -0.3 is 14.8 Å². The normalized spacial score (nSPS) is 10.9. The third-order valence-corrected chi connectivity index (χ3v) is 2.98. The maximum absolute atomic E-state index is 5.84. The van der Waals surface area contributed by atoms with Crippen molar-refractivity contribution in [2.45, 2.75) is 26.7 Å². The molecule has 18 heavy (non-hydrogen) atoms. The first kappa shape index (κ1) is 15.0. The molecule has 2 N–H and O–H groups in total. The molecule has 0 saturated heterocycles. The topological polar surface area (TPSA) is 35.1 Å². The number of nitrogens with two attached hydrogens (primary N) is 1. The summed E-state index contributed by atoms with van der Waals surface area (Å²) in [5, 5.41) is 2.21. The maximum atomic E-state index is 5.84. The Morgan fingerprint density at radius 2 is 1.89 bits per heavy atom. The smallest absolute Gasteiger partial charge is 0.137 e. The van der Waals surface area contributed by atoms with Crippen LogP contribution in [-0.2, 0) is 4.74 Å².